The second-order valence-corrected chi connectivity index (χ2v) is 7.64. The number of rotatable bonds is 5. The van der Waals surface area contributed by atoms with Gasteiger partial charge in [0.05, 0.1) is 10.6 Å². The zero-order valence-corrected chi connectivity index (χ0v) is 15.4. The number of nitrogens with one attached hydrogen (secondary N) is 1. The molecule has 0 amide bonds. The van der Waals surface area contributed by atoms with Crippen LogP contribution in [0.2, 0.25) is 0 Å². The zero-order chi connectivity index (χ0) is 18.9. The largest absolute Gasteiger partial charge is 0.361 e. The first-order valence-corrected chi connectivity index (χ1v) is 9.43. The fourth-order valence-corrected chi connectivity index (χ4v) is 3.74. The van der Waals surface area contributed by atoms with Crippen molar-refractivity contribution in [3.63, 3.8) is 0 Å². The summed E-state index contributed by atoms with van der Waals surface area (Å²) in [5.74, 6) is 0.608. The number of aromatic nitrogens is 1. The van der Waals surface area contributed by atoms with E-state index < -0.39 is 10.0 Å². The van der Waals surface area contributed by atoms with Crippen LogP contribution in [-0.2, 0) is 10.0 Å². The number of carbonyl (C=O) groups excluding carboxylic acids is 1. The number of nitrogens with zero attached hydrogens (tertiary/aromatic N) is 1. The van der Waals surface area contributed by atoms with E-state index in [1.54, 1.807) is 36.4 Å². The van der Waals surface area contributed by atoms with Gasteiger partial charge in [0, 0.05) is 16.8 Å². The molecule has 134 valence electrons. The molecule has 0 atom stereocenters. The van der Waals surface area contributed by atoms with Gasteiger partial charge in [0.15, 0.2) is 5.78 Å². The van der Waals surface area contributed by atoms with Crippen molar-refractivity contribution in [2.75, 3.05) is 4.72 Å². The highest BCUT2D eigenvalue weighted by Gasteiger charge is 2.16. The number of anilines is 1. The molecule has 0 fully saturated rings. The Morgan fingerprint density at radius 3 is 2.12 bits per heavy atom. The topological polar surface area (TPSA) is 89.3 Å². The molecule has 1 aromatic heterocycles. The third kappa shape index (κ3) is 3.52. The molecule has 0 aliphatic heterocycles. The van der Waals surface area contributed by atoms with E-state index in [1.807, 2.05) is 13.8 Å². The van der Waals surface area contributed by atoms with Gasteiger partial charge >= 0.3 is 0 Å². The van der Waals surface area contributed by atoms with Gasteiger partial charge in [0.2, 0.25) is 0 Å². The van der Waals surface area contributed by atoms with Crippen molar-refractivity contribution >= 4 is 21.5 Å². The molecular formula is C19H18N2O4S. The van der Waals surface area contributed by atoms with Crippen LogP contribution < -0.4 is 4.72 Å². The van der Waals surface area contributed by atoms with Crippen molar-refractivity contribution in [1.82, 2.24) is 5.16 Å². The average molecular weight is 370 g/mol. The Morgan fingerprint density at radius 1 is 1.00 bits per heavy atom. The van der Waals surface area contributed by atoms with Crippen molar-refractivity contribution < 1.29 is 17.7 Å². The van der Waals surface area contributed by atoms with Gasteiger partial charge in [-0.15, -0.1) is 0 Å². The van der Waals surface area contributed by atoms with E-state index in [0.29, 0.717) is 17.0 Å². The molecule has 0 bridgehead atoms. The summed E-state index contributed by atoms with van der Waals surface area (Å²) in [4.78, 5) is 11.4. The molecule has 1 N–H and O–H groups in total. The molecule has 0 saturated carbocycles. The molecular weight excluding hydrogens is 352 g/mol. The fraction of sp³-hybridized carbons (Fsp3) is 0.158. The number of ketones is 1. The van der Waals surface area contributed by atoms with E-state index in [0.717, 1.165) is 16.8 Å². The molecule has 0 unspecified atom stereocenters. The molecule has 0 aliphatic carbocycles. The Bertz CT molecular complexity index is 1030. The Morgan fingerprint density at radius 2 is 1.62 bits per heavy atom. The first-order valence-electron chi connectivity index (χ1n) is 7.95. The molecule has 26 heavy (non-hydrogen) atoms. The lowest BCUT2D eigenvalue weighted by atomic mass is 10.0. The maximum Gasteiger partial charge on any atom is 0.261 e. The predicted molar refractivity (Wildman–Crippen MR) is 98.7 cm³/mol. The average Bonchev–Trinajstić information content (AvgIpc) is 2.94. The van der Waals surface area contributed by atoms with Gasteiger partial charge in [-0.25, -0.2) is 8.42 Å². The van der Waals surface area contributed by atoms with Crippen molar-refractivity contribution in [2.45, 2.75) is 25.7 Å². The van der Waals surface area contributed by atoms with Crippen LogP contribution >= 0.6 is 0 Å². The van der Waals surface area contributed by atoms with Crippen LogP contribution in [0.1, 0.15) is 28.7 Å². The normalized spacial score (nSPS) is 11.3. The minimum Gasteiger partial charge on any atom is -0.361 e. The summed E-state index contributed by atoms with van der Waals surface area (Å²) in [6, 6.07) is 12.8. The fourth-order valence-electron chi connectivity index (χ4n) is 2.68. The SMILES string of the molecule is CC(=O)c1ccc(NS(=O)(=O)c2ccc(-c3c(C)noc3C)cc2)cc1. The molecule has 3 rings (SSSR count). The van der Waals surface area contributed by atoms with Crippen LogP contribution in [0.15, 0.2) is 57.9 Å². The summed E-state index contributed by atoms with van der Waals surface area (Å²) in [5.41, 5.74) is 3.37. The Kier molecular flexibility index (Phi) is 4.65. The summed E-state index contributed by atoms with van der Waals surface area (Å²) >= 11 is 0. The van der Waals surface area contributed by atoms with E-state index >= 15 is 0 Å². The molecule has 7 heteroatoms. The summed E-state index contributed by atoms with van der Waals surface area (Å²) < 4.78 is 32.7. The van der Waals surface area contributed by atoms with Gasteiger partial charge in [-0.3, -0.25) is 9.52 Å². The highest BCUT2D eigenvalue weighted by molar-refractivity contribution is 7.92. The van der Waals surface area contributed by atoms with Crippen LogP contribution in [0, 0.1) is 13.8 Å². The lowest BCUT2D eigenvalue weighted by Gasteiger charge is -2.09. The maximum absolute atomic E-state index is 12.5. The lowest BCUT2D eigenvalue weighted by molar-refractivity contribution is 0.101. The highest BCUT2D eigenvalue weighted by Crippen LogP contribution is 2.28. The molecule has 0 radical (unpaired) electrons. The third-order valence-corrected chi connectivity index (χ3v) is 5.43. The van der Waals surface area contributed by atoms with Crippen LogP contribution in [-0.4, -0.2) is 19.4 Å². The lowest BCUT2D eigenvalue weighted by Crippen LogP contribution is -2.13. The van der Waals surface area contributed by atoms with Crippen molar-refractivity contribution in [2.24, 2.45) is 0 Å². The summed E-state index contributed by atoms with van der Waals surface area (Å²) in [6.07, 6.45) is 0. The summed E-state index contributed by atoms with van der Waals surface area (Å²) in [6.45, 7) is 5.11. The second kappa shape index (κ2) is 6.76. The molecule has 3 aromatic rings. The van der Waals surface area contributed by atoms with Crippen LogP contribution in [0.3, 0.4) is 0 Å². The predicted octanol–water partition coefficient (Wildman–Crippen LogP) is 3.96. The zero-order valence-electron chi connectivity index (χ0n) is 14.6. The number of aryl methyl sites for hydroxylation is 2. The molecule has 0 aliphatic rings. The molecule has 0 saturated heterocycles. The Balaban J connectivity index is 1.84. The Labute approximate surface area is 151 Å². The second-order valence-electron chi connectivity index (χ2n) is 5.96. The van der Waals surface area contributed by atoms with Crippen molar-refractivity contribution in [3.8, 4) is 11.1 Å². The molecule has 0 spiro atoms. The summed E-state index contributed by atoms with van der Waals surface area (Å²) in [7, 11) is -3.73. The van der Waals surface area contributed by atoms with Gasteiger partial charge < -0.3 is 4.52 Å². The molecule has 1 heterocycles. The van der Waals surface area contributed by atoms with E-state index in [9.17, 15) is 13.2 Å². The quantitative estimate of drug-likeness (QED) is 0.687. The highest BCUT2D eigenvalue weighted by atomic mass is 32.2. The van der Waals surface area contributed by atoms with Crippen molar-refractivity contribution in [1.29, 1.82) is 0 Å². The number of sulfonamides is 1. The monoisotopic (exact) mass is 370 g/mol. The minimum atomic E-state index is -3.73. The van der Waals surface area contributed by atoms with Crippen LogP contribution in [0.25, 0.3) is 11.1 Å². The number of hydrogen-bond acceptors (Lipinski definition) is 5. The van der Waals surface area contributed by atoms with Gasteiger partial charge in [0.1, 0.15) is 5.76 Å². The van der Waals surface area contributed by atoms with E-state index in [4.69, 9.17) is 4.52 Å². The third-order valence-electron chi connectivity index (χ3n) is 4.03. The number of hydrogen-bond donors (Lipinski definition) is 1. The first-order chi connectivity index (χ1) is 12.3. The van der Waals surface area contributed by atoms with Crippen LogP contribution in [0.4, 0.5) is 5.69 Å². The van der Waals surface area contributed by atoms with E-state index in [2.05, 4.69) is 9.88 Å². The molecule has 2 aromatic carbocycles. The number of benzene rings is 2. The number of carbonyl (C=O) groups is 1. The van der Waals surface area contributed by atoms with Gasteiger partial charge in [-0.2, -0.15) is 0 Å². The molecule has 6 nitrogen and oxygen atoms in total. The van der Waals surface area contributed by atoms with E-state index in [1.165, 1.54) is 19.1 Å². The standard InChI is InChI=1S/C19H18N2O4S/c1-12-19(14(3)25-20-12)16-6-10-18(11-7-16)26(23,24)21-17-8-4-15(5-9-17)13(2)22/h4-11,21H,1-3H3. The summed E-state index contributed by atoms with van der Waals surface area (Å²) in [5, 5.41) is 3.91. The number of Topliss-reactive ketones (excluding diaryl/α,β-unsaturated/α-hetero) is 1. The Hall–Kier alpha value is -2.93. The smallest absolute Gasteiger partial charge is 0.261 e. The van der Waals surface area contributed by atoms with Gasteiger partial charge in [-0.1, -0.05) is 17.3 Å². The maximum atomic E-state index is 12.5. The van der Waals surface area contributed by atoms with E-state index in [-0.39, 0.29) is 10.7 Å². The van der Waals surface area contributed by atoms with Gasteiger partial charge in [0.25, 0.3) is 10.0 Å². The minimum absolute atomic E-state index is 0.0747. The first kappa shape index (κ1) is 17.9. The van der Waals surface area contributed by atoms with Gasteiger partial charge in [-0.05, 0) is 62.7 Å². The van der Waals surface area contributed by atoms with Crippen LogP contribution in [0.5, 0.6) is 0 Å². The van der Waals surface area contributed by atoms with Crippen molar-refractivity contribution in [3.05, 3.63) is 65.5 Å².